The van der Waals surface area contributed by atoms with Crippen LogP contribution < -0.4 is 4.74 Å². The predicted octanol–water partition coefficient (Wildman–Crippen LogP) is 1.07. The van der Waals surface area contributed by atoms with Crippen LogP contribution in [0.3, 0.4) is 0 Å². The van der Waals surface area contributed by atoms with Crippen molar-refractivity contribution in [1.82, 2.24) is 0 Å². The quantitative estimate of drug-likeness (QED) is 0.855. The summed E-state index contributed by atoms with van der Waals surface area (Å²) < 4.78 is 16.0. The number of ether oxygens (including phenoxy) is 3. The van der Waals surface area contributed by atoms with Gasteiger partial charge < -0.3 is 24.4 Å². The molecule has 1 aliphatic rings. The van der Waals surface area contributed by atoms with Crippen molar-refractivity contribution in [3.05, 3.63) is 29.8 Å². The highest BCUT2D eigenvalue weighted by atomic mass is 16.6. The van der Waals surface area contributed by atoms with E-state index in [9.17, 15) is 10.2 Å². The van der Waals surface area contributed by atoms with Gasteiger partial charge in [-0.25, -0.2) is 0 Å². The van der Waals surface area contributed by atoms with Crippen LogP contribution in [-0.4, -0.2) is 41.9 Å². The summed E-state index contributed by atoms with van der Waals surface area (Å²) in [6.45, 7) is 2.17. The smallest absolute Gasteiger partial charge is 0.157 e. The average Bonchev–Trinajstić information content (AvgIpc) is 2.38. The van der Waals surface area contributed by atoms with Crippen LogP contribution in [0, 0.1) is 0 Å². The van der Waals surface area contributed by atoms with Crippen LogP contribution in [-0.2, 0) is 16.1 Å². The van der Waals surface area contributed by atoms with E-state index in [1.165, 1.54) is 0 Å². The lowest BCUT2D eigenvalue weighted by atomic mass is 10.0. The summed E-state index contributed by atoms with van der Waals surface area (Å²) in [5.74, 6) is 0.793. The molecule has 0 spiro atoms. The van der Waals surface area contributed by atoms with Gasteiger partial charge in [0.2, 0.25) is 0 Å². The summed E-state index contributed by atoms with van der Waals surface area (Å²) in [6.07, 6.45) is -2.21. The molecule has 0 radical (unpaired) electrons. The molecule has 5 nitrogen and oxygen atoms in total. The maximum absolute atomic E-state index is 9.88. The SMILES string of the molecule is COc1ccc(CO[C@@H]2[C@H](O)C[C@H](O)O[C@H]2C)cc1. The number of aliphatic hydroxyl groups excluding tert-OH is 2. The zero-order valence-electron chi connectivity index (χ0n) is 11.2. The van der Waals surface area contributed by atoms with E-state index in [1.807, 2.05) is 24.3 Å². The Kier molecular flexibility index (Phi) is 4.76. The third-order valence-corrected chi connectivity index (χ3v) is 3.26. The van der Waals surface area contributed by atoms with E-state index < -0.39 is 18.5 Å². The topological polar surface area (TPSA) is 68.2 Å². The van der Waals surface area contributed by atoms with Crippen LogP contribution in [0.1, 0.15) is 18.9 Å². The van der Waals surface area contributed by atoms with Gasteiger partial charge in [-0.1, -0.05) is 12.1 Å². The van der Waals surface area contributed by atoms with Gasteiger partial charge in [0.25, 0.3) is 0 Å². The first-order valence-electron chi connectivity index (χ1n) is 6.36. The molecule has 4 atom stereocenters. The van der Waals surface area contributed by atoms with Gasteiger partial charge in [-0.05, 0) is 24.6 Å². The number of hydrogen-bond acceptors (Lipinski definition) is 5. The minimum Gasteiger partial charge on any atom is -0.497 e. The molecular weight excluding hydrogens is 248 g/mol. The normalized spacial score (nSPS) is 31.2. The average molecular weight is 268 g/mol. The second kappa shape index (κ2) is 6.34. The molecule has 1 fully saturated rings. The summed E-state index contributed by atoms with van der Waals surface area (Å²) >= 11 is 0. The van der Waals surface area contributed by atoms with Gasteiger partial charge in [-0.3, -0.25) is 0 Å². The maximum atomic E-state index is 9.88. The molecule has 0 amide bonds. The standard InChI is InChI=1S/C14H20O5/c1-9-14(12(15)7-13(16)19-9)18-8-10-3-5-11(17-2)6-4-10/h3-6,9,12-16H,7-8H2,1-2H3/t9-,12+,13+,14-/m0/s1. The molecule has 1 aromatic rings. The minimum atomic E-state index is -0.911. The Morgan fingerprint density at radius 1 is 1.26 bits per heavy atom. The van der Waals surface area contributed by atoms with E-state index >= 15 is 0 Å². The summed E-state index contributed by atoms with van der Waals surface area (Å²) in [5, 5.41) is 19.2. The Bertz CT molecular complexity index is 379. The zero-order valence-corrected chi connectivity index (χ0v) is 11.2. The number of benzene rings is 1. The van der Waals surface area contributed by atoms with Crippen molar-refractivity contribution in [2.75, 3.05) is 7.11 Å². The molecule has 0 aromatic heterocycles. The summed E-state index contributed by atoms with van der Waals surface area (Å²) in [5.41, 5.74) is 0.992. The first kappa shape index (κ1) is 14.3. The molecule has 0 aliphatic carbocycles. The summed E-state index contributed by atoms with van der Waals surface area (Å²) in [4.78, 5) is 0. The number of hydrogen-bond donors (Lipinski definition) is 2. The van der Waals surface area contributed by atoms with Gasteiger partial charge in [-0.15, -0.1) is 0 Å². The lowest BCUT2D eigenvalue weighted by Crippen LogP contribution is -2.48. The van der Waals surface area contributed by atoms with Crippen molar-refractivity contribution in [3.63, 3.8) is 0 Å². The van der Waals surface area contributed by atoms with Crippen LogP contribution in [0.2, 0.25) is 0 Å². The van der Waals surface area contributed by atoms with Gasteiger partial charge in [-0.2, -0.15) is 0 Å². The highest BCUT2D eigenvalue weighted by Crippen LogP contribution is 2.22. The predicted molar refractivity (Wildman–Crippen MR) is 68.7 cm³/mol. The molecule has 1 heterocycles. The number of rotatable bonds is 4. The van der Waals surface area contributed by atoms with Gasteiger partial charge in [0.05, 0.1) is 25.9 Å². The van der Waals surface area contributed by atoms with Crippen molar-refractivity contribution in [3.8, 4) is 5.75 Å². The highest BCUT2D eigenvalue weighted by molar-refractivity contribution is 5.26. The molecule has 5 heteroatoms. The molecule has 2 rings (SSSR count). The molecule has 2 N–H and O–H groups in total. The van der Waals surface area contributed by atoms with Gasteiger partial charge in [0.15, 0.2) is 6.29 Å². The maximum Gasteiger partial charge on any atom is 0.157 e. The Hall–Kier alpha value is -1.14. The summed E-state index contributed by atoms with van der Waals surface area (Å²) in [6, 6.07) is 7.54. The molecule has 0 saturated carbocycles. The van der Waals surface area contributed by atoms with Crippen LogP contribution in [0.5, 0.6) is 5.75 Å². The third-order valence-electron chi connectivity index (χ3n) is 3.26. The molecule has 106 valence electrons. The Morgan fingerprint density at radius 2 is 1.95 bits per heavy atom. The lowest BCUT2D eigenvalue weighted by Gasteiger charge is -2.36. The van der Waals surface area contributed by atoms with Crippen molar-refractivity contribution in [2.45, 2.75) is 44.6 Å². The fraction of sp³-hybridized carbons (Fsp3) is 0.571. The number of methoxy groups -OCH3 is 1. The van der Waals surface area contributed by atoms with E-state index in [1.54, 1.807) is 14.0 Å². The van der Waals surface area contributed by atoms with Crippen molar-refractivity contribution < 1.29 is 24.4 Å². The highest BCUT2D eigenvalue weighted by Gasteiger charge is 2.35. The fourth-order valence-electron chi connectivity index (χ4n) is 2.20. The largest absolute Gasteiger partial charge is 0.497 e. The number of aliphatic hydroxyl groups is 2. The van der Waals surface area contributed by atoms with Crippen molar-refractivity contribution in [1.29, 1.82) is 0 Å². The van der Waals surface area contributed by atoms with E-state index in [4.69, 9.17) is 14.2 Å². The van der Waals surface area contributed by atoms with Crippen LogP contribution in [0.15, 0.2) is 24.3 Å². The Balaban J connectivity index is 1.90. The van der Waals surface area contributed by atoms with Crippen LogP contribution in [0.4, 0.5) is 0 Å². The minimum absolute atomic E-state index is 0.178. The van der Waals surface area contributed by atoms with Crippen molar-refractivity contribution >= 4 is 0 Å². The second-order valence-corrected chi connectivity index (χ2v) is 4.72. The van der Waals surface area contributed by atoms with Crippen LogP contribution >= 0.6 is 0 Å². The molecule has 0 unspecified atom stereocenters. The second-order valence-electron chi connectivity index (χ2n) is 4.72. The van der Waals surface area contributed by atoms with Crippen LogP contribution in [0.25, 0.3) is 0 Å². The monoisotopic (exact) mass is 268 g/mol. The molecular formula is C14H20O5. The summed E-state index contributed by atoms with van der Waals surface area (Å²) in [7, 11) is 1.62. The molecule has 1 aromatic carbocycles. The first-order chi connectivity index (χ1) is 9.10. The van der Waals surface area contributed by atoms with E-state index in [-0.39, 0.29) is 12.5 Å². The zero-order chi connectivity index (χ0) is 13.8. The third kappa shape index (κ3) is 3.67. The molecule has 1 aliphatic heterocycles. The first-order valence-corrected chi connectivity index (χ1v) is 6.36. The molecule has 0 bridgehead atoms. The fourth-order valence-corrected chi connectivity index (χ4v) is 2.20. The van der Waals surface area contributed by atoms with E-state index in [0.29, 0.717) is 6.61 Å². The van der Waals surface area contributed by atoms with Crippen molar-refractivity contribution in [2.24, 2.45) is 0 Å². The Morgan fingerprint density at radius 3 is 2.53 bits per heavy atom. The van der Waals surface area contributed by atoms with Gasteiger partial charge in [0.1, 0.15) is 11.9 Å². The van der Waals surface area contributed by atoms with E-state index in [0.717, 1.165) is 11.3 Å². The molecule has 1 saturated heterocycles. The Labute approximate surface area is 112 Å². The lowest BCUT2D eigenvalue weighted by molar-refractivity contribution is -0.240. The van der Waals surface area contributed by atoms with Gasteiger partial charge in [0, 0.05) is 6.42 Å². The van der Waals surface area contributed by atoms with Gasteiger partial charge >= 0.3 is 0 Å². The van der Waals surface area contributed by atoms with E-state index in [2.05, 4.69) is 0 Å². The molecule has 19 heavy (non-hydrogen) atoms.